The van der Waals surface area contributed by atoms with Gasteiger partial charge in [0.2, 0.25) is 0 Å². The van der Waals surface area contributed by atoms with E-state index in [0.717, 1.165) is 12.1 Å². The van der Waals surface area contributed by atoms with E-state index in [-0.39, 0.29) is 18.9 Å². The molecule has 0 heterocycles. The third-order valence-corrected chi connectivity index (χ3v) is 1.73. The van der Waals surface area contributed by atoms with Gasteiger partial charge in [0.25, 0.3) is 0 Å². The summed E-state index contributed by atoms with van der Waals surface area (Å²) in [5.74, 6) is -4.55. The SMILES string of the molecule is O=C(O)C(=O)NCCOc1ccc(F)cc1F. The van der Waals surface area contributed by atoms with Gasteiger partial charge in [-0.2, -0.15) is 0 Å². The number of amides is 1. The lowest BCUT2D eigenvalue weighted by atomic mass is 10.3. The van der Waals surface area contributed by atoms with Gasteiger partial charge in [-0.15, -0.1) is 0 Å². The van der Waals surface area contributed by atoms with Crippen molar-refractivity contribution in [3.63, 3.8) is 0 Å². The Hall–Kier alpha value is -2.18. The summed E-state index contributed by atoms with van der Waals surface area (Å²) in [5.41, 5.74) is 0. The summed E-state index contributed by atoms with van der Waals surface area (Å²) in [6.45, 7) is -0.219. The van der Waals surface area contributed by atoms with E-state index >= 15 is 0 Å². The lowest BCUT2D eigenvalue weighted by Gasteiger charge is -2.07. The second kappa shape index (κ2) is 5.78. The molecule has 2 N–H and O–H groups in total. The zero-order valence-corrected chi connectivity index (χ0v) is 8.57. The van der Waals surface area contributed by atoms with Gasteiger partial charge in [-0.25, -0.2) is 13.6 Å². The van der Waals surface area contributed by atoms with Gasteiger partial charge in [-0.3, -0.25) is 4.79 Å². The van der Waals surface area contributed by atoms with Gasteiger partial charge in [0.1, 0.15) is 12.4 Å². The number of carboxylic acids is 1. The van der Waals surface area contributed by atoms with Crippen molar-refractivity contribution >= 4 is 11.9 Å². The fourth-order valence-electron chi connectivity index (χ4n) is 0.993. The fourth-order valence-corrected chi connectivity index (χ4v) is 0.993. The highest BCUT2D eigenvalue weighted by Gasteiger charge is 2.09. The highest BCUT2D eigenvalue weighted by atomic mass is 19.1. The first kappa shape index (κ1) is 12.9. The Balaban J connectivity index is 2.36. The minimum atomic E-state index is -1.61. The summed E-state index contributed by atoms with van der Waals surface area (Å²) in [6, 6.07) is 2.78. The van der Waals surface area contributed by atoms with Crippen LogP contribution in [0.25, 0.3) is 0 Å². The third kappa shape index (κ3) is 4.06. The van der Waals surface area contributed by atoms with Crippen LogP contribution in [0.4, 0.5) is 8.78 Å². The summed E-state index contributed by atoms with van der Waals surface area (Å²) in [6.07, 6.45) is 0. The van der Waals surface area contributed by atoms with Crippen molar-refractivity contribution in [3.8, 4) is 5.75 Å². The molecule has 0 aliphatic carbocycles. The molecule has 0 saturated carbocycles. The summed E-state index contributed by atoms with van der Waals surface area (Å²) in [5, 5.41) is 10.2. The van der Waals surface area contributed by atoms with Crippen LogP contribution in [0.5, 0.6) is 5.75 Å². The Labute approximate surface area is 95.0 Å². The molecule has 1 rings (SSSR count). The number of carbonyl (C=O) groups excluding carboxylic acids is 1. The van der Waals surface area contributed by atoms with E-state index in [1.807, 2.05) is 5.32 Å². The number of carbonyl (C=O) groups is 2. The van der Waals surface area contributed by atoms with Crippen molar-refractivity contribution in [3.05, 3.63) is 29.8 Å². The summed E-state index contributed by atoms with van der Waals surface area (Å²) >= 11 is 0. The molecule has 92 valence electrons. The molecule has 0 aromatic heterocycles. The Morgan fingerprint density at radius 3 is 2.65 bits per heavy atom. The third-order valence-electron chi connectivity index (χ3n) is 1.73. The number of hydrogen-bond donors (Lipinski definition) is 2. The smallest absolute Gasteiger partial charge is 0.394 e. The Bertz CT molecular complexity index is 436. The van der Waals surface area contributed by atoms with E-state index in [0.29, 0.717) is 6.07 Å². The monoisotopic (exact) mass is 245 g/mol. The van der Waals surface area contributed by atoms with E-state index in [1.54, 1.807) is 0 Å². The Morgan fingerprint density at radius 2 is 2.06 bits per heavy atom. The minimum Gasteiger partial charge on any atom is -0.489 e. The number of halogens is 2. The van der Waals surface area contributed by atoms with Crippen molar-refractivity contribution in [2.45, 2.75) is 0 Å². The maximum Gasteiger partial charge on any atom is 0.394 e. The van der Waals surface area contributed by atoms with Crippen LogP contribution >= 0.6 is 0 Å². The van der Waals surface area contributed by atoms with Crippen LogP contribution in [-0.4, -0.2) is 30.1 Å². The molecule has 1 amide bonds. The predicted octanol–water partition coefficient (Wildman–Crippen LogP) is 0.544. The minimum absolute atomic E-state index is 0.0953. The first-order valence-corrected chi connectivity index (χ1v) is 4.59. The summed E-state index contributed by atoms with van der Waals surface area (Å²) in [7, 11) is 0. The average Bonchev–Trinajstić information content (AvgIpc) is 2.26. The van der Waals surface area contributed by atoms with Gasteiger partial charge in [0.05, 0.1) is 6.54 Å². The molecular formula is C10H9F2NO4. The lowest BCUT2D eigenvalue weighted by Crippen LogP contribution is -2.33. The maximum absolute atomic E-state index is 13.0. The lowest BCUT2D eigenvalue weighted by molar-refractivity contribution is -0.150. The molecule has 7 heteroatoms. The number of benzene rings is 1. The predicted molar refractivity (Wildman–Crippen MR) is 52.5 cm³/mol. The average molecular weight is 245 g/mol. The van der Waals surface area contributed by atoms with Gasteiger partial charge >= 0.3 is 11.9 Å². The van der Waals surface area contributed by atoms with Gasteiger partial charge in [0, 0.05) is 6.07 Å². The Morgan fingerprint density at radius 1 is 1.35 bits per heavy atom. The van der Waals surface area contributed by atoms with Crippen LogP contribution in [-0.2, 0) is 9.59 Å². The molecule has 0 bridgehead atoms. The number of ether oxygens (including phenoxy) is 1. The molecule has 0 saturated heterocycles. The second-order valence-electron chi connectivity index (χ2n) is 2.98. The van der Waals surface area contributed by atoms with Crippen molar-refractivity contribution in [1.82, 2.24) is 5.32 Å². The fraction of sp³-hybridized carbons (Fsp3) is 0.200. The van der Waals surface area contributed by atoms with E-state index < -0.39 is 23.5 Å². The molecule has 17 heavy (non-hydrogen) atoms. The van der Waals surface area contributed by atoms with Gasteiger partial charge in [-0.05, 0) is 12.1 Å². The second-order valence-corrected chi connectivity index (χ2v) is 2.98. The molecule has 0 atom stereocenters. The van der Waals surface area contributed by atoms with Crippen LogP contribution in [0, 0.1) is 11.6 Å². The molecule has 0 spiro atoms. The van der Waals surface area contributed by atoms with E-state index in [4.69, 9.17) is 9.84 Å². The molecule has 1 aromatic rings. The first-order chi connectivity index (χ1) is 8.00. The van der Waals surface area contributed by atoms with E-state index in [2.05, 4.69) is 0 Å². The normalized spacial score (nSPS) is 9.76. The van der Waals surface area contributed by atoms with Crippen LogP contribution < -0.4 is 10.1 Å². The molecule has 0 aliphatic rings. The topological polar surface area (TPSA) is 75.6 Å². The van der Waals surface area contributed by atoms with Gasteiger partial charge in [0.15, 0.2) is 11.6 Å². The Kier molecular flexibility index (Phi) is 4.38. The number of aliphatic carboxylic acids is 1. The first-order valence-electron chi connectivity index (χ1n) is 4.59. The van der Waals surface area contributed by atoms with Crippen LogP contribution in [0.2, 0.25) is 0 Å². The molecule has 1 aromatic carbocycles. The molecular weight excluding hydrogens is 236 g/mol. The standard InChI is InChI=1S/C10H9F2NO4/c11-6-1-2-8(7(12)5-6)17-4-3-13-9(14)10(15)16/h1-2,5H,3-4H2,(H,13,14)(H,15,16). The van der Waals surface area contributed by atoms with Gasteiger partial charge < -0.3 is 15.2 Å². The highest BCUT2D eigenvalue weighted by Crippen LogP contribution is 2.17. The van der Waals surface area contributed by atoms with Gasteiger partial charge in [-0.1, -0.05) is 0 Å². The molecule has 0 unspecified atom stereocenters. The number of nitrogens with one attached hydrogen (secondary N) is 1. The summed E-state index contributed by atoms with van der Waals surface area (Å²) in [4.78, 5) is 20.7. The number of rotatable bonds is 4. The van der Waals surface area contributed by atoms with Crippen molar-refractivity contribution < 1.29 is 28.2 Å². The molecule has 0 radical (unpaired) electrons. The van der Waals surface area contributed by atoms with E-state index in [1.165, 1.54) is 0 Å². The summed E-state index contributed by atoms with van der Waals surface area (Å²) < 4.78 is 30.4. The zero-order chi connectivity index (χ0) is 12.8. The zero-order valence-electron chi connectivity index (χ0n) is 8.57. The number of hydrogen-bond acceptors (Lipinski definition) is 3. The maximum atomic E-state index is 13.0. The molecule has 0 aliphatic heterocycles. The quantitative estimate of drug-likeness (QED) is 0.599. The van der Waals surface area contributed by atoms with Crippen molar-refractivity contribution in [2.75, 3.05) is 13.2 Å². The highest BCUT2D eigenvalue weighted by molar-refractivity contribution is 6.31. The van der Waals surface area contributed by atoms with Crippen LogP contribution in [0.1, 0.15) is 0 Å². The largest absolute Gasteiger partial charge is 0.489 e. The van der Waals surface area contributed by atoms with E-state index in [9.17, 15) is 18.4 Å². The van der Waals surface area contributed by atoms with Crippen LogP contribution in [0.15, 0.2) is 18.2 Å². The van der Waals surface area contributed by atoms with Crippen molar-refractivity contribution in [1.29, 1.82) is 0 Å². The van der Waals surface area contributed by atoms with Crippen LogP contribution in [0.3, 0.4) is 0 Å². The number of carboxylic acid groups (broad SMARTS) is 1. The van der Waals surface area contributed by atoms with Crippen molar-refractivity contribution in [2.24, 2.45) is 0 Å². The molecule has 0 fully saturated rings. The molecule has 5 nitrogen and oxygen atoms in total.